The molecule has 1 atom stereocenters. The summed E-state index contributed by atoms with van der Waals surface area (Å²) >= 11 is 0. The van der Waals surface area contributed by atoms with Crippen LogP contribution in [0.3, 0.4) is 0 Å². The molecule has 0 spiro atoms. The van der Waals surface area contributed by atoms with Gasteiger partial charge in [0, 0.05) is 20.4 Å². The van der Waals surface area contributed by atoms with Crippen LogP contribution in [0, 0.1) is 0 Å². The number of halogens is 2. The number of rotatable bonds is 6. The van der Waals surface area contributed by atoms with Gasteiger partial charge >= 0.3 is 7.60 Å². The third kappa shape index (κ3) is 22.7. The summed E-state index contributed by atoms with van der Waals surface area (Å²) in [4.78, 5) is 8.11. The van der Waals surface area contributed by atoms with E-state index in [4.69, 9.17) is 4.89 Å². The van der Waals surface area contributed by atoms with E-state index in [0.717, 1.165) is 13.1 Å². The van der Waals surface area contributed by atoms with Crippen molar-refractivity contribution >= 4 is 7.60 Å². The minimum atomic E-state index is -3.54. The maximum Gasteiger partial charge on any atom is 0.327 e. The Morgan fingerprint density at radius 2 is 1.93 bits per heavy atom. The van der Waals surface area contributed by atoms with Gasteiger partial charge in [-0.05, 0) is 12.8 Å². The quantitative estimate of drug-likeness (QED) is 0.565. The van der Waals surface area contributed by atoms with Crippen molar-refractivity contribution in [3.05, 3.63) is 0 Å². The number of ether oxygens (including phenoxy) is 1. The fourth-order valence-corrected chi connectivity index (χ4v) is 0.613. The molecule has 0 saturated carbocycles. The second kappa shape index (κ2) is 11.0. The molecule has 0 aromatic heterocycles. The Labute approximate surface area is 82.8 Å². The zero-order valence-corrected chi connectivity index (χ0v) is 9.31. The molecule has 0 aromatic carbocycles. The number of unbranched alkanes of at least 4 members (excludes halogenated alkanes) is 1. The van der Waals surface area contributed by atoms with Crippen LogP contribution in [0.1, 0.15) is 12.8 Å². The lowest BCUT2D eigenvalue weighted by atomic mass is 10.3. The van der Waals surface area contributed by atoms with E-state index in [0.29, 0.717) is 13.0 Å². The molecule has 0 aliphatic heterocycles. The normalized spacial score (nSPS) is 14.1. The summed E-state index contributed by atoms with van der Waals surface area (Å²) in [5.41, 5.74) is 0. The van der Waals surface area contributed by atoms with Gasteiger partial charge in [0.25, 0.3) is 0 Å². The van der Waals surface area contributed by atoms with E-state index in [1.807, 2.05) is 0 Å². The Hall–Kier alpha value is -0.0300. The van der Waals surface area contributed by atoms with Crippen LogP contribution in [0.25, 0.3) is 0 Å². The second-order valence-electron chi connectivity index (χ2n) is 2.43. The van der Waals surface area contributed by atoms with Gasteiger partial charge in [0.15, 0.2) is 6.86 Å². The molecule has 0 aromatic rings. The van der Waals surface area contributed by atoms with Gasteiger partial charge in [0.05, 0.1) is 6.67 Å². The first-order chi connectivity index (χ1) is 6.47. The maximum absolute atomic E-state index is 11.3. The summed E-state index contributed by atoms with van der Waals surface area (Å²) in [5, 5.41) is 0. The van der Waals surface area contributed by atoms with Gasteiger partial charge in [-0.25, -0.2) is 4.39 Å². The molecule has 0 saturated heterocycles. The van der Waals surface area contributed by atoms with Crippen LogP contribution in [-0.4, -0.2) is 38.8 Å². The minimum absolute atomic E-state index is 0.219. The number of alkyl halides is 2. The van der Waals surface area contributed by atoms with Crippen molar-refractivity contribution in [1.29, 1.82) is 0 Å². The average molecular weight is 234 g/mol. The largest absolute Gasteiger partial charge is 0.385 e. The van der Waals surface area contributed by atoms with Crippen molar-refractivity contribution in [2.24, 2.45) is 0 Å². The predicted molar refractivity (Wildman–Crippen MR) is 49.9 cm³/mol. The molecule has 0 aliphatic rings. The zero-order valence-electron chi connectivity index (χ0n) is 8.41. The van der Waals surface area contributed by atoms with Crippen molar-refractivity contribution in [3.8, 4) is 0 Å². The Balaban J connectivity index is 0. The van der Waals surface area contributed by atoms with Gasteiger partial charge in [-0.2, -0.15) is 0 Å². The van der Waals surface area contributed by atoms with E-state index in [2.05, 4.69) is 9.26 Å². The van der Waals surface area contributed by atoms with Gasteiger partial charge in [0.1, 0.15) is 0 Å². The van der Waals surface area contributed by atoms with E-state index < -0.39 is 14.5 Å². The predicted octanol–water partition coefficient (Wildman–Crippen LogP) is 2.13. The van der Waals surface area contributed by atoms with Crippen molar-refractivity contribution in [2.75, 3.05) is 33.9 Å². The second-order valence-corrected chi connectivity index (χ2v) is 4.29. The van der Waals surface area contributed by atoms with Crippen LogP contribution in [0.5, 0.6) is 0 Å². The highest BCUT2D eigenvalue weighted by Crippen LogP contribution is 2.35. The third-order valence-corrected chi connectivity index (χ3v) is 1.60. The van der Waals surface area contributed by atoms with Crippen LogP contribution in [-0.2, 0) is 13.8 Å². The molecule has 14 heavy (non-hydrogen) atoms. The monoisotopic (exact) mass is 234 g/mol. The zero-order chi connectivity index (χ0) is 11.4. The molecule has 1 N–H and O–H groups in total. The Kier molecular flexibility index (Phi) is 12.9. The van der Waals surface area contributed by atoms with Gasteiger partial charge in [-0.3, -0.25) is 13.5 Å². The van der Waals surface area contributed by atoms with Crippen molar-refractivity contribution in [3.63, 3.8) is 0 Å². The fraction of sp³-hybridized carbons (Fsp3) is 1.00. The molecule has 1 unspecified atom stereocenters. The van der Waals surface area contributed by atoms with E-state index in [1.54, 1.807) is 7.11 Å². The van der Waals surface area contributed by atoms with E-state index in [9.17, 15) is 13.3 Å². The molecule has 0 amide bonds. The van der Waals surface area contributed by atoms with Crippen LogP contribution in [0.15, 0.2) is 0 Å². The molecule has 4 nitrogen and oxygen atoms in total. The SMILES string of the molecule is COCCCCF.CP(=O)(O)OCF. The highest BCUT2D eigenvalue weighted by Gasteiger charge is 2.07. The van der Waals surface area contributed by atoms with E-state index >= 15 is 0 Å². The summed E-state index contributed by atoms with van der Waals surface area (Å²) in [7, 11) is -1.92. The summed E-state index contributed by atoms with van der Waals surface area (Å²) in [6, 6.07) is 0. The van der Waals surface area contributed by atoms with Crippen molar-refractivity contribution in [2.45, 2.75) is 12.8 Å². The van der Waals surface area contributed by atoms with Crippen LogP contribution < -0.4 is 0 Å². The van der Waals surface area contributed by atoms with Gasteiger partial charge < -0.3 is 9.63 Å². The molecule has 0 fully saturated rings. The van der Waals surface area contributed by atoms with Crippen LogP contribution >= 0.6 is 7.60 Å². The number of methoxy groups -OCH3 is 1. The smallest absolute Gasteiger partial charge is 0.327 e. The summed E-state index contributed by atoms with van der Waals surface area (Å²) < 4.78 is 40.5. The maximum atomic E-state index is 11.3. The summed E-state index contributed by atoms with van der Waals surface area (Å²) in [5.74, 6) is 0. The molecule has 7 heteroatoms. The van der Waals surface area contributed by atoms with Crippen molar-refractivity contribution in [1.82, 2.24) is 0 Å². The minimum Gasteiger partial charge on any atom is -0.385 e. The number of hydrogen-bond acceptors (Lipinski definition) is 3. The van der Waals surface area contributed by atoms with Crippen LogP contribution in [0.4, 0.5) is 8.78 Å². The van der Waals surface area contributed by atoms with E-state index in [-0.39, 0.29) is 6.67 Å². The third-order valence-electron chi connectivity index (χ3n) is 1.02. The summed E-state index contributed by atoms with van der Waals surface area (Å²) in [6.07, 6.45) is 1.47. The molecule has 0 rings (SSSR count). The van der Waals surface area contributed by atoms with Crippen molar-refractivity contribution < 1.29 is 27.5 Å². The standard InChI is InChI=1S/C5H11FO.C2H6FO3P/c1-7-5-3-2-4-6;1-7(4,5)6-2-3/h2-5H2,1H3;2H2,1H3,(H,4,5). The van der Waals surface area contributed by atoms with Gasteiger partial charge in [-0.1, -0.05) is 0 Å². The number of hydrogen-bond donors (Lipinski definition) is 1. The molecule has 0 heterocycles. The summed E-state index contributed by atoms with van der Waals surface area (Å²) in [6.45, 7) is 0.185. The lowest BCUT2D eigenvalue weighted by Crippen LogP contribution is -1.87. The highest BCUT2D eigenvalue weighted by molar-refractivity contribution is 7.51. The molecular formula is C7H17F2O4P. The molecule has 0 aliphatic carbocycles. The lowest BCUT2D eigenvalue weighted by molar-refractivity contribution is 0.170. The topological polar surface area (TPSA) is 55.8 Å². The van der Waals surface area contributed by atoms with Gasteiger partial charge in [0.2, 0.25) is 0 Å². The molecule has 88 valence electrons. The fourth-order valence-electron chi connectivity index (χ4n) is 0.431. The Morgan fingerprint density at radius 3 is 2.14 bits per heavy atom. The molecular weight excluding hydrogens is 217 g/mol. The first-order valence-electron chi connectivity index (χ1n) is 4.03. The van der Waals surface area contributed by atoms with E-state index in [1.165, 1.54) is 0 Å². The highest BCUT2D eigenvalue weighted by atomic mass is 31.2. The van der Waals surface area contributed by atoms with Crippen LogP contribution in [0.2, 0.25) is 0 Å². The van der Waals surface area contributed by atoms with Gasteiger partial charge in [-0.15, -0.1) is 0 Å². The molecule has 0 bridgehead atoms. The molecule has 0 radical (unpaired) electrons. The Bertz CT molecular complexity index is 147. The Morgan fingerprint density at radius 1 is 1.36 bits per heavy atom. The first-order valence-corrected chi connectivity index (χ1v) is 6.06. The average Bonchev–Trinajstić information content (AvgIpc) is 2.04. The first kappa shape index (κ1) is 16.4. The lowest BCUT2D eigenvalue weighted by Gasteiger charge is -1.98.